The normalized spacial score (nSPS) is 15.6. The monoisotopic (exact) mass is 230 g/mol. The molecule has 16 heavy (non-hydrogen) atoms. The van der Waals surface area contributed by atoms with Gasteiger partial charge in [-0.1, -0.05) is 49.6 Å². The number of alkyl halides is 3. The number of allylic oxidation sites excluding steroid dienone is 7. The van der Waals surface area contributed by atoms with E-state index in [9.17, 15) is 13.2 Å². The summed E-state index contributed by atoms with van der Waals surface area (Å²) in [5.74, 6) is 0. The van der Waals surface area contributed by atoms with E-state index >= 15 is 0 Å². The number of hydrogen-bond acceptors (Lipinski definition) is 1. The van der Waals surface area contributed by atoms with E-state index in [1.807, 2.05) is 0 Å². The SMILES string of the molecule is C=C\C=C/C(/C=C/[C@@H](O)C(F)(F)F)=C\C=C. The number of rotatable bonds is 5. The molecule has 0 fully saturated rings. The smallest absolute Gasteiger partial charge is 0.380 e. The van der Waals surface area contributed by atoms with Gasteiger partial charge in [-0.15, -0.1) is 0 Å². The maximum Gasteiger partial charge on any atom is 0.417 e. The lowest BCUT2D eigenvalue weighted by Crippen LogP contribution is -2.26. The van der Waals surface area contributed by atoms with Gasteiger partial charge in [0, 0.05) is 0 Å². The van der Waals surface area contributed by atoms with Gasteiger partial charge in [0.05, 0.1) is 0 Å². The van der Waals surface area contributed by atoms with Crippen molar-refractivity contribution < 1.29 is 18.3 Å². The van der Waals surface area contributed by atoms with Crippen molar-refractivity contribution in [2.24, 2.45) is 0 Å². The van der Waals surface area contributed by atoms with Crippen molar-refractivity contribution in [2.75, 3.05) is 0 Å². The first-order chi connectivity index (χ1) is 7.41. The molecule has 0 saturated carbocycles. The molecule has 0 saturated heterocycles. The van der Waals surface area contributed by atoms with Crippen molar-refractivity contribution in [1.82, 2.24) is 0 Å². The van der Waals surface area contributed by atoms with Gasteiger partial charge in [0.15, 0.2) is 6.10 Å². The second-order valence-electron chi connectivity index (χ2n) is 2.84. The third-order valence-electron chi connectivity index (χ3n) is 1.54. The Bertz CT molecular complexity index is 322. The van der Waals surface area contributed by atoms with Gasteiger partial charge in [0.2, 0.25) is 0 Å². The average Bonchev–Trinajstić information content (AvgIpc) is 2.20. The highest BCUT2D eigenvalue weighted by Gasteiger charge is 2.36. The van der Waals surface area contributed by atoms with E-state index in [0.717, 1.165) is 0 Å². The highest BCUT2D eigenvalue weighted by Crippen LogP contribution is 2.21. The first kappa shape index (κ1) is 14.5. The van der Waals surface area contributed by atoms with E-state index in [0.29, 0.717) is 11.6 Å². The Kier molecular flexibility index (Phi) is 6.18. The van der Waals surface area contributed by atoms with Crippen LogP contribution in [-0.4, -0.2) is 17.4 Å². The van der Waals surface area contributed by atoms with Gasteiger partial charge in [-0.2, -0.15) is 13.2 Å². The lowest BCUT2D eigenvalue weighted by Gasteiger charge is -2.09. The minimum absolute atomic E-state index is 0.484. The molecule has 88 valence electrons. The van der Waals surface area contributed by atoms with Gasteiger partial charge >= 0.3 is 6.18 Å². The molecule has 0 aromatic carbocycles. The fourth-order valence-corrected chi connectivity index (χ4v) is 0.793. The Hall–Kier alpha value is -1.55. The molecule has 0 amide bonds. The fourth-order valence-electron chi connectivity index (χ4n) is 0.793. The molecule has 0 bridgehead atoms. The summed E-state index contributed by atoms with van der Waals surface area (Å²) in [5.41, 5.74) is 0.484. The summed E-state index contributed by atoms with van der Waals surface area (Å²) in [5, 5.41) is 8.72. The molecular formula is C12H13F3O. The van der Waals surface area contributed by atoms with Crippen LogP contribution in [0.3, 0.4) is 0 Å². The van der Waals surface area contributed by atoms with Crippen LogP contribution in [0.25, 0.3) is 0 Å². The minimum atomic E-state index is -4.64. The highest BCUT2D eigenvalue weighted by molar-refractivity contribution is 5.35. The maximum atomic E-state index is 12.0. The molecule has 4 heteroatoms. The molecule has 0 aliphatic rings. The Morgan fingerprint density at radius 2 is 1.75 bits per heavy atom. The van der Waals surface area contributed by atoms with Crippen LogP contribution in [0.5, 0.6) is 0 Å². The summed E-state index contributed by atoms with van der Waals surface area (Å²) >= 11 is 0. The maximum absolute atomic E-state index is 12.0. The molecule has 0 heterocycles. The quantitative estimate of drug-likeness (QED) is 0.718. The van der Waals surface area contributed by atoms with Gasteiger partial charge in [-0.3, -0.25) is 0 Å². The van der Waals surface area contributed by atoms with E-state index in [1.54, 1.807) is 12.2 Å². The molecule has 1 N–H and O–H groups in total. The Morgan fingerprint density at radius 3 is 2.19 bits per heavy atom. The van der Waals surface area contributed by atoms with Gasteiger partial charge in [0.25, 0.3) is 0 Å². The summed E-state index contributed by atoms with van der Waals surface area (Å²) in [6.07, 6.45) is 2.30. The average molecular weight is 230 g/mol. The van der Waals surface area contributed by atoms with Crippen molar-refractivity contribution in [3.05, 3.63) is 61.3 Å². The molecule has 0 aromatic rings. The lowest BCUT2D eigenvalue weighted by atomic mass is 10.2. The predicted octanol–water partition coefficient (Wildman–Crippen LogP) is 3.32. The molecule has 1 atom stereocenters. The van der Waals surface area contributed by atoms with Gasteiger partial charge < -0.3 is 5.11 Å². The van der Waals surface area contributed by atoms with Crippen LogP contribution >= 0.6 is 0 Å². The van der Waals surface area contributed by atoms with Crippen LogP contribution in [0, 0.1) is 0 Å². The van der Waals surface area contributed by atoms with Crippen LogP contribution in [-0.2, 0) is 0 Å². The molecule has 0 radical (unpaired) electrons. The zero-order valence-electron chi connectivity index (χ0n) is 8.61. The second-order valence-corrected chi connectivity index (χ2v) is 2.84. The molecule has 1 nitrogen and oxygen atoms in total. The van der Waals surface area contributed by atoms with E-state index in [4.69, 9.17) is 5.11 Å². The van der Waals surface area contributed by atoms with E-state index < -0.39 is 12.3 Å². The highest BCUT2D eigenvalue weighted by atomic mass is 19.4. The van der Waals surface area contributed by atoms with Crippen molar-refractivity contribution in [1.29, 1.82) is 0 Å². The first-order valence-corrected chi connectivity index (χ1v) is 4.46. The predicted molar refractivity (Wildman–Crippen MR) is 58.8 cm³/mol. The second kappa shape index (κ2) is 6.85. The van der Waals surface area contributed by atoms with Crippen LogP contribution in [0.1, 0.15) is 0 Å². The zero-order chi connectivity index (χ0) is 12.6. The summed E-state index contributed by atoms with van der Waals surface area (Å²) in [7, 11) is 0. The first-order valence-electron chi connectivity index (χ1n) is 4.46. The zero-order valence-corrected chi connectivity index (χ0v) is 8.61. The molecule has 0 unspecified atom stereocenters. The molecule has 0 aromatic heterocycles. The number of hydrogen-bond donors (Lipinski definition) is 1. The van der Waals surface area contributed by atoms with Crippen molar-refractivity contribution in [3.8, 4) is 0 Å². The lowest BCUT2D eigenvalue weighted by molar-refractivity contribution is -0.187. The molecule has 0 spiro atoms. The molecule has 0 aliphatic heterocycles. The number of aliphatic hydroxyl groups is 1. The molecule has 0 rings (SSSR count). The standard InChI is InChI=1S/C12H13F3O/c1-3-5-7-10(6-4-2)8-9-11(16)12(13,14)15/h3-9,11,16H,1-2H2/b7-5-,9-8+,10-6+/t11-/m1/s1. The fraction of sp³-hybridized carbons (Fsp3) is 0.167. The third-order valence-corrected chi connectivity index (χ3v) is 1.54. The third kappa shape index (κ3) is 6.03. The Morgan fingerprint density at radius 1 is 1.12 bits per heavy atom. The summed E-state index contributed by atoms with van der Waals surface area (Å²) in [6, 6.07) is 0. The summed E-state index contributed by atoms with van der Waals surface area (Å²) in [4.78, 5) is 0. The largest absolute Gasteiger partial charge is 0.417 e. The summed E-state index contributed by atoms with van der Waals surface area (Å²) < 4.78 is 35.9. The topological polar surface area (TPSA) is 20.2 Å². The van der Waals surface area contributed by atoms with Crippen LogP contribution in [0.15, 0.2) is 61.3 Å². The number of halogens is 3. The van der Waals surface area contributed by atoms with Crippen molar-refractivity contribution in [2.45, 2.75) is 12.3 Å². The molecule has 0 aliphatic carbocycles. The summed E-state index contributed by atoms with van der Waals surface area (Å²) in [6.45, 7) is 6.86. The minimum Gasteiger partial charge on any atom is -0.380 e. The van der Waals surface area contributed by atoms with Gasteiger partial charge in [0.1, 0.15) is 0 Å². The van der Waals surface area contributed by atoms with Crippen LogP contribution in [0.4, 0.5) is 13.2 Å². The van der Waals surface area contributed by atoms with Crippen LogP contribution < -0.4 is 0 Å². The Labute approximate surface area is 92.6 Å². The Balaban J connectivity index is 4.70. The van der Waals surface area contributed by atoms with E-state index in [1.165, 1.54) is 24.3 Å². The van der Waals surface area contributed by atoms with Gasteiger partial charge in [-0.05, 0) is 11.6 Å². The van der Waals surface area contributed by atoms with E-state index in [-0.39, 0.29) is 0 Å². The van der Waals surface area contributed by atoms with Gasteiger partial charge in [-0.25, -0.2) is 0 Å². The molecular weight excluding hydrogens is 217 g/mol. The van der Waals surface area contributed by atoms with E-state index in [2.05, 4.69) is 13.2 Å². The number of aliphatic hydroxyl groups excluding tert-OH is 1. The van der Waals surface area contributed by atoms with Crippen LogP contribution in [0.2, 0.25) is 0 Å². The van der Waals surface area contributed by atoms with Crippen molar-refractivity contribution in [3.63, 3.8) is 0 Å². The van der Waals surface area contributed by atoms with Crippen molar-refractivity contribution >= 4 is 0 Å².